The third-order valence-corrected chi connectivity index (χ3v) is 6.73. The Morgan fingerprint density at radius 1 is 1.14 bits per heavy atom. The monoisotopic (exact) mass is 408 g/mol. The molecule has 0 spiro atoms. The first-order valence-electron chi connectivity index (χ1n) is 10.4. The highest BCUT2D eigenvalue weighted by molar-refractivity contribution is 5.48. The number of carbonyl (C=O) groups is 1. The average Bonchev–Trinajstić information content (AvgIpc) is 3.11. The molecule has 1 saturated carbocycles. The van der Waals surface area contributed by atoms with Crippen molar-refractivity contribution in [2.24, 2.45) is 11.8 Å². The van der Waals surface area contributed by atoms with E-state index >= 15 is 0 Å². The summed E-state index contributed by atoms with van der Waals surface area (Å²) >= 11 is 0. The summed E-state index contributed by atoms with van der Waals surface area (Å²) in [6, 6.07) is 3.96. The summed E-state index contributed by atoms with van der Waals surface area (Å²) < 4.78 is 40.8. The van der Waals surface area contributed by atoms with Crippen molar-refractivity contribution in [2.75, 3.05) is 13.1 Å². The fourth-order valence-electron chi connectivity index (χ4n) is 4.90. The number of rotatable bonds is 3. The van der Waals surface area contributed by atoms with Crippen LogP contribution in [0.1, 0.15) is 67.9 Å². The van der Waals surface area contributed by atoms with Crippen LogP contribution in [0.15, 0.2) is 12.1 Å². The molecule has 0 radical (unpaired) electrons. The Kier molecular flexibility index (Phi) is 5.29. The third-order valence-electron chi connectivity index (χ3n) is 6.73. The molecule has 158 valence electrons. The summed E-state index contributed by atoms with van der Waals surface area (Å²) in [4.78, 5) is 17.7. The molecule has 1 saturated heterocycles. The van der Waals surface area contributed by atoms with Gasteiger partial charge in [0, 0.05) is 36.7 Å². The smallest absolute Gasteiger partial charge is 0.345 e. The van der Waals surface area contributed by atoms with Gasteiger partial charge in [-0.3, -0.25) is 4.79 Å². The van der Waals surface area contributed by atoms with E-state index in [1.165, 1.54) is 0 Å². The van der Waals surface area contributed by atoms with E-state index in [2.05, 4.69) is 11.9 Å². The van der Waals surface area contributed by atoms with Gasteiger partial charge in [-0.2, -0.15) is 18.3 Å². The van der Waals surface area contributed by atoms with E-state index in [1.807, 2.05) is 23.6 Å². The van der Waals surface area contributed by atoms with Crippen molar-refractivity contribution < 1.29 is 18.0 Å². The van der Waals surface area contributed by atoms with E-state index in [9.17, 15) is 18.0 Å². The molecule has 1 aliphatic carbocycles. The fraction of sp³-hybridized carbons (Fsp3) is 0.667. The first-order chi connectivity index (χ1) is 13.8. The normalized spacial score (nSPS) is 28.7. The highest BCUT2D eigenvalue weighted by Crippen LogP contribution is 2.43. The van der Waals surface area contributed by atoms with Crippen LogP contribution in [-0.2, 0) is 4.79 Å². The van der Waals surface area contributed by atoms with Crippen molar-refractivity contribution in [1.82, 2.24) is 19.5 Å². The topological polar surface area (TPSA) is 50.5 Å². The molecular formula is C21H27F3N4O. The lowest BCUT2D eigenvalue weighted by atomic mass is 9.80. The SMILES string of the molecule is Cc1cc([C@@H]2CN(C=O)CC[C@H]2C)n2nc(C3CCC(C(F)(F)F)CC3)cc2n1. The molecule has 8 heteroatoms. The Bertz CT molecular complexity index is 886. The lowest BCUT2D eigenvalue weighted by Gasteiger charge is -2.35. The maximum Gasteiger partial charge on any atom is 0.391 e. The number of aryl methyl sites for hydroxylation is 1. The van der Waals surface area contributed by atoms with Crippen molar-refractivity contribution in [1.29, 1.82) is 0 Å². The Labute approximate surface area is 168 Å². The van der Waals surface area contributed by atoms with Gasteiger partial charge in [-0.15, -0.1) is 0 Å². The Morgan fingerprint density at radius 2 is 1.86 bits per heavy atom. The molecule has 2 aliphatic rings. The van der Waals surface area contributed by atoms with E-state index < -0.39 is 12.1 Å². The summed E-state index contributed by atoms with van der Waals surface area (Å²) in [7, 11) is 0. The molecule has 4 rings (SSSR count). The zero-order valence-corrected chi connectivity index (χ0v) is 16.8. The van der Waals surface area contributed by atoms with Crippen LogP contribution in [0.5, 0.6) is 0 Å². The predicted octanol–water partition coefficient (Wildman–Crippen LogP) is 4.46. The largest absolute Gasteiger partial charge is 0.391 e. The van der Waals surface area contributed by atoms with E-state index in [0.29, 0.717) is 25.3 Å². The van der Waals surface area contributed by atoms with Gasteiger partial charge in [0.2, 0.25) is 6.41 Å². The van der Waals surface area contributed by atoms with Crippen LogP contribution >= 0.6 is 0 Å². The number of halogens is 3. The van der Waals surface area contributed by atoms with Crippen molar-refractivity contribution in [3.05, 3.63) is 29.2 Å². The van der Waals surface area contributed by atoms with Gasteiger partial charge in [0.1, 0.15) is 0 Å². The van der Waals surface area contributed by atoms with Gasteiger partial charge in [-0.1, -0.05) is 6.92 Å². The minimum absolute atomic E-state index is 0.0405. The number of fused-ring (bicyclic) bond motifs is 1. The van der Waals surface area contributed by atoms with Gasteiger partial charge in [0.05, 0.1) is 17.3 Å². The summed E-state index contributed by atoms with van der Waals surface area (Å²) in [5.74, 6) is -0.583. The molecule has 0 unspecified atom stereocenters. The fourth-order valence-corrected chi connectivity index (χ4v) is 4.90. The number of hydrogen-bond donors (Lipinski definition) is 0. The highest BCUT2D eigenvalue weighted by atomic mass is 19.4. The summed E-state index contributed by atoms with van der Waals surface area (Å²) in [6.45, 7) is 5.54. The first-order valence-corrected chi connectivity index (χ1v) is 10.4. The van der Waals surface area contributed by atoms with Crippen molar-refractivity contribution >= 4 is 12.1 Å². The summed E-state index contributed by atoms with van der Waals surface area (Å²) in [5, 5.41) is 4.79. The van der Waals surface area contributed by atoms with Crippen LogP contribution in [0.4, 0.5) is 13.2 Å². The van der Waals surface area contributed by atoms with Crippen LogP contribution in [0.2, 0.25) is 0 Å². The summed E-state index contributed by atoms with van der Waals surface area (Å²) in [6.07, 6.45) is -0.941. The third kappa shape index (κ3) is 3.98. The number of nitrogens with zero attached hydrogens (tertiary/aromatic N) is 4. The molecule has 5 nitrogen and oxygen atoms in total. The average molecular weight is 408 g/mol. The molecule has 2 atom stereocenters. The number of piperidine rings is 1. The molecule has 2 aromatic rings. The zero-order valence-electron chi connectivity index (χ0n) is 16.8. The van der Waals surface area contributed by atoms with E-state index in [0.717, 1.165) is 42.1 Å². The molecule has 0 bridgehead atoms. The lowest BCUT2D eigenvalue weighted by Crippen LogP contribution is -2.38. The molecule has 2 aromatic heterocycles. The lowest BCUT2D eigenvalue weighted by molar-refractivity contribution is -0.182. The van der Waals surface area contributed by atoms with E-state index in [4.69, 9.17) is 5.10 Å². The van der Waals surface area contributed by atoms with Gasteiger partial charge < -0.3 is 4.90 Å². The molecule has 0 aromatic carbocycles. The second-order valence-corrected chi connectivity index (χ2v) is 8.72. The maximum atomic E-state index is 13.0. The Hall–Kier alpha value is -2.12. The standard InChI is InChI=1S/C21H27F3N4O/c1-13-7-8-27(12-29)11-17(13)19-9-14(2)25-20-10-18(26-28(19)20)15-3-5-16(6-4-15)21(22,23)24/h9-10,12-13,15-17H,3-8,11H2,1-2H3/t13-,15?,16?,17-/m1/s1. The number of aromatic nitrogens is 3. The number of likely N-dealkylation sites (tertiary alicyclic amines) is 1. The number of carbonyl (C=O) groups excluding carboxylic acids is 1. The minimum atomic E-state index is -4.10. The molecule has 29 heavy (non-hydrogen) atoms. The van der Waals surface area contributed by atoms with Crippen molar-refractivity contribution in [3.8, 4) is 0 Å². The van der Waals surface area contributed by atoms with Crippen LogP contribution < -0.4 is 0 Å². The van der Waals surface area contributed by atoms with Gasteiger partial charge >= 0.3 is 6.18 Å². The second kappa shape index (κ2) is 7.61. The highest BCUT2D eigenvalue weighted by Gasteiger charge is 2.42. The molecule has 1 aliphatic heterocycles. The van der Waals surface area contributed by atoms with E-state index in [1.54, 1.807) is 4.90 Å². The van der Waals surface area contributed by atoms with Crippen molar-refractivity contribution in [2.45, 2.75) is 64.0 Å². The quantitative estimate of drug-likeness (QED) is 0.705. The van der Waals surface area contributed by atoms with Gasteiger partial charge in [-0.25, -0.2) is 9.50 Å². The molecule has 2 fully saturated rings. The van der Waals surface area contributed by atoms with Gasteiger partial charge in [0.25, 0.3) is 0 Å². The zero-order chi connectivity index (χ0) is 20.8. The minimum Gasteiger partial charge on any atom is -0.345 e. The van der Waals surface area contributed by atoms with Crippen LogP contribution in [-0.4, -0.2) is 45.2 Å². The second-order valence-electron chi connectivity index (χ2n) is 8.72. The Morgan fingerprint density at radius 3 is 2.52 bits per heavy atom. The maximum absolute atomic E-state index is 13.0. The van der Waals surface area contributed by atoms with E-state index in [-0.39, 0.29) is 24.7 Å². The van der Waals surface area contributed by atoms with Crippen LogP contribution in [0.3, 0.4) is 0 Å². The van der Waals surface area contributed by atoms with Crippen LogP contribution in [0, 0.1) is 18.8 Å². The van der Waals surface area contributed by atoms with Crippen LogP contribution in [0.25, 0.3) is 5.65 Å². The summed E-state index contributed by atoms with van der Waals surface area (Å²) in [5.41, 5.74) is 3.49. The number of alkyl halides is 3. The molecular weight excluding hydrogens is 381 g/mol. The first kappa shape index (κ1) is 20.2. The van der Waals surface area contributed by atoms with Gasteiger partial charge in [-0.05, 0) is 51.0 Å². The Balaban J connectivity index is 1.63. The number of amides is 1. The van der Waals surface area contributed by atoms with Gasteiger partial charge in [0.15, 0.2) is 5.65 Å². The molecule has 0 N–H and O–H groups in total. The molecule has 3 heterocycles. The predicted molar refractivity (Wildman–Crippen MR) is 103 cm³/mol. The van der Waals surface area contributed by atoms with Crippen molar-refractivity contribution in [3.63, 3.8) is 0 Å². The molecule has 1 amide bonds. The number of hydrogen-bond acceptors (Lipinski definition) is 3.